The Kier molecular flexibility index (Phi) is 8.13. The highest BCUT2D eigenvalue weighted by molar-refractivity contribution is 5.24. The molecule has 1 aromatic carbocycles. The van der Waals surface area contributed by atoms with Gasteiger partial charge >= 0.3 is 0 Å². The van der Waals surface area contributed by atoms with Gasteiger partial charge in [-0.1, -0.05) is 6.92 Å². The maximum Gasteiger partial charge on any atom is 0.194 e. The molecule has 1 aromatic rings. The van der Waals surface area contributed by atoms with E-state index in [2.05, 4.69) is 11.9 Å². The highest BCUT2D eigenvalue weighted by atomic mass is 19.3. The molecule has 1 aliphatic heterocycles. The summed E-state index contributed by atoms with van der Waals surface area (Å²) in [7, 11) is 0. The second-order valence-electron chi connectivity index (χ2n) is 7.27. The summed E-state index contributed by atoms with van der Waals surface area (Å²) in [5.41, 5.74) is 0. The second kappa shape index (κ2) is 10.1. The van der Waals surface area contributed by atoms with Crippen molar-refractivity contribution < 1.29 is 31.8 Å². The molecule has 0 radical (unpaired) electrons. The first-order chi connectivity index (χ1) is 12.4. The van der Waals surface area contributed by atoms with E-state index in [1.165, 1.54) is 25.7 Å². The Morgan fingerprint density at radius 3 is 2.08 bits per heavy atom. The van der Waals surface area contributed by atoms with Crippen molar-refractivity contribution in [2.75, 3.05) is 13.3 Å². The Morgan fingerprint density at radius 2 is 1.62 bits per heavy atom. The third-order valence-electron chi connectivity index (χ3n) is 5.22. The smallest absolute Gasteiger partial charge is 0.194 e. The van der Waals surface area contributed by atoms with Gasteiger partial charge in [0.2, 0.25) is 0 Å². The zero-order valence-corrected chi connectivity index (χ0v) is 14.8. The van der Waals surface area contributed by atoms with Gasteiger partial charge in [-0.05, 0) is 56.3 Å². The average Bonchev–Trinajstić information content (AvgIpc) is 2.67. The molecule has 0 spiro atoms. The molecule has 2 unspecified atom stereocenters. The maximum atomic E-state index is 12.5. The largest absolute Gasteiger partial charge is 0.378 e. The first-order valence-electron chi connectivity index (χ1n) is 9.05. The molecule has 2 nitrogen and oxygen atoms in total. The van der Waals surface area contributed by atoms with Crippen LogP contribution < -0.4 is 4.94 Å². The van der Waals surface area contributed by atoms with E-state index in [-0.39, 0.29) is 6.67 Å². The number of rotatable bonds is 3. The molecule has 0 amide bonds. The van der Waals surface area contributed by atoms with E-state index >= 15 is 0 Å². The fourth-order valence-corrected chi connectivity index (χ4v) is 3.57. The summed E-state index contributed by atoms with van der Waals surface area (Å²) < 4.78 is 66.1. The molecule has 2 fully saturated rings. The molecule has 1 saturated carbocycles. The van der Waals surface area contributed by atoms with E-state index < -0.39 is 23.2 Å². The van der Waals surface area contributed by atoms with Gasteiger partial charge in [-0.15, -0.1) is 0 Å². The molecule has 2 aliphatic rings. The van der Waals surface area contributed by atoms with Gasteiger partial charge in [-0.2, -0.15) is 0 Å². The zero-order chi connectivity index (χ0) is 19.1. The first kappa shape index (κ1) is 20.9. The van der Waals surface area contributed by atoms with Crippen molar-refractivity contribution in [1.29, 1.82) is 0 Å². The van der Waals surface area contributed by atoms with Gasteiger partial charge in [-0.3, -0.25) is 9.33 Å². The summed E-state index contributed by atoms with van der Waals surface area (Å²) in [6, 6.07) is 0.802. The van der Waals surface area contributed by atoms with Gasteiger partial charge in [0.05, 0.1) is 12.8 Å². The predicted octanol–water partition coefficient (Wildman–Crippen LogP) is 5.94. The van der Waals surface area contributed by atoms with Crippen molar-refractivity contribution in [1.82, 2.24) is 0 Å². The number of ether oxygens (including phenoxy) is 1. The van der Waals surface area contributed by atoms with Crippen LogP contribution in [-0.2, 0) is 4.74 Å². The number of benzene rings is 1. The number of hydrogen-bond acceptors (Lipinski definition) is 2. The summed E-state index contributed by atoms with van der Waals surface area (Å²) in [6.45, 7) is 3.08. The number of halogens is 5. The van der Waals surface area contributed by atoms with Crippen LogP contribution in [0.3, 0.4) is 0 Å². The van der Waals surface area contributed by atoms with Crippen LogP contribution in [-0.4, -0.2) is 19.4 Å². The minimum atomic E-state index is -1.65. The summed E-state index contributed by atoms with van der Waals surface area (Å²) in [5.74, 6) is -3.52. The summed E-state index contributed by atoms with van der Waals surface area (Å²) in [6.07, 6.45) is 7.57. The lowest BCUT2D eigenvalue weighted by atomic mass is 9.78. The lowest BCUT2D eigenvalue weighted by Crippen LogP contribution is -2.33. The minimum absolute atomic E-state index is 0.116. The zero-order valence-electron chi connectivity index (χ0n) is 14.8. The third-order valence-corrected chi connectivity index (χ3v) is 5.22. The molecule has 148 valence electrons. The van der Waals surface area contributed by atoms with Gasteiger partial charge < -0.3 is 4.74 Å². The van der Waals surface area contributed by atoms with Crippen molar-refractivity contribution in [2.45, 2.75) is 51.6 Å². The van der Waals surface area contributed by atoms with Gasteiger partial charge in [0, 0.05) is 23.3 Å². The van der Waals surface area contributed by atoms with Crippen LogP contribution in [0.4, 0.5) is 22.1 Å². The third kappa shape index (κ3) is 5.83. The van der Waals surface area contributed by atoms with Gasteiger partial charge in [0.15, 0.2) is 23.2 Å². The van der Waals surface area contributed by atoms with E-state index in [9.17, 15) is 22.1 Å². The highest BCUT2D eigenvalue weighted by Gasteiger charge is 2.30. The van der Waals surface area contributed by atoms with Crippen LogP contribution in [0.15, 0.2) is 12.1 Å². The minimum Gasteiger partial charge on any atom is -0.378 e. The summed E-state index contributed by atoms with van der Waals surface area (Å²) in [4.78, 5) is 2.98. The molecule has 0 aromatic heterocycles. The first-order valence-corrected chi connectivity index (χ1v) is 9.05. The number of hydrogen-bond donors (Lipinski definition) is 0. The molecule has 7 heteroatoms. The van der Waals surface area contributed by atoms with Crippen molar-refractivity contribution >= 4 is 0 Å². The Morgan fingerprint density at radius 1 is 1.00 bits per heavy atom. The number of alkyl halides is 1. The Bertz CT molecular complexity index is 530. The van der Waals surface area contributed by atoms with Crippen LogP contribution >= 0.6 is 0 Å². The fraction of sp³-hybridized carbons (Fsp3) is 0.684. The summed E-state index contributed by atoms with van der Waals surface area (Å²) in [5, 5.41) is 0. The quantitative estimate of drug-likeness (QED) is 0.477. The molecule has 3 rings (SSSR count). The molecule has 1 heterocycles. The van der Waals surface area contributed by atoms with Crippen molar-refractivity contribution in [2.24, 2.45) is 17.8 Å². The van der Waals surface area contributed by atoms with Crippen LogP contribution in [0.25, 0.3) is 0 Å². The molecule has 26 heavy (non-hydrogen) atoms. The van der Waals surface area contributed by atoms with E-state index in [1.807, 2.05) is 0 Å². The van der Waals surface area contributed by atoms with Crippen molar-refractivity contribution in [3.63, 3.8) is 0 Å². The van der Waals surface area contributed by atoms with Crippen molar-refractivity contribution in [3.8, 4) is 5.75 Å². The Hall–Kier alpha value is -1.37. The van der Waals surface area contributed by atoms with E-state index in [0.29, 0.717) is 24.2 Å². The van der Waals surface area contributed by atoms with E-state index in [0.717, 1.165) is 31.3 Å². The predicted molar refractivity (Wildman–Crippen MR) is 87.6 cm³/mol. The van der Waals surface area contributed by atoms with Crippen LogP contribution in [0.2, 0.25) is 0 Å². The standard InChI is InChI=1S/C13H23FO.C6H2F4O/c1-10-2-7-13(15-9-10)12-5-3-11(8-14)4-6-12;7-4-1-3(11-10)2-5(8)6(4)9/h10-13H,2-9H2,1H3;1-2H. The van der Waals surface area contributed by atoms with Gasteiger partial charge in [0.1, 0.15) is 0 Å². The molecule has 1 aliphatic carbocycles. The SMILES string of the molecule is CC1CCC(C2CCC(CF)CC2)OC1.FOc1cc(F)c(F)c(F)c1. The van der Waals surface area contributed by atoms with Gasteiger partial charge in [0.25, 0.3) is 0 Å². The molecular weight excluding hydrogens is 355 g/mol. The average molecular weight is 380 g/mol. The summed E-state index contributed by atoms with van der Waals surface area (Å²) >= 11 is 0. The lowest BCUT2D eigenvalue weighted by Gasteiger charge is -2.36. The highest BCUT2D eigenvalue weighted by Crippen LogP contribution is 2.35. The normalized spacial score (nSPS) is 28.8. The Labute approximate surface area is 150 Å². The van der Waals surface area contributed by atoms with E-state index in [4.69, 9.17) is 4.74 Å². The van der Waals surface area contributed by atoms with Gasteiger partial charge in [-0.25, -0.2) is 13.2 Å². The lowest BCUT2D eigenvalue weighted by molar-refractivity contribution is -0.0549. The maximum absolute atomic E-state index is 12.5. The second-order valence-corrected chi connectivity index (χ2v) is 7.27. The van der Waals surface area contributed by atoms with Crippen LogP contribution in [0, 0.1) is 35.2 Å². The molecule has 2 atom stereocenters. The Balaban J connectivity index is 0.000000197. The van der Waals surface area contributed by atoms with Crippen LogP contribution in [0.1, 0.15) is 45.4 Å². The molecule has 0 bridgehead atoms. The topological polar surface area (TPSA) is 18.5 Å². The van der Waals surface area contributed by atoms with Crippen molar-refractivity contribution in [3.05, 3.63) is 29.6 Å². The monoisotopic (exact) mass is 380 g/mol. The fourth-order valence-electron chi connectivity index (χ4n) is 3.57. The van der Waals surface area contributed by atoms with Crippen LogP contribution in [0.5, 0.6) is 5.75 Å². The molecule has 1 saturated heterocycles. The molecule has 0 N–H and O–H groups in total. The van der Waals surface area contributed by atoms with E-state index in [1.54, 1.807) is 0 Å². The molecular formula is C19H25F5O2.